The highest BCUT2D eigenvalue weighted by atomic mass is 19.4. The number of rotatable bonds is 1. The molecule has 1 N–H and O–H groups in total. The molecule has 0 aliphatic rings. The van der Waals surface area contributed by atoms with Crippen LogP contribution in [0.1, 0.15) is 5.69 Å². The van der Waals surface area contributed by atoms with Gasteiger partial charge in [0.1, 0.15) is 11.5 Å². The van der Waals surface area contributed by atoms with Crippen molar-refractivity contribution in [3.63, 3.8) is 0 Å². The topological polar surface area (TPSA) is 28.7 Å². The van der Waals surface area contributed by atoms with Crippen LogP contribution in [0.5, 0.6) is 0 Å². The van der Waals surface area contributed by atoms with Gasteiger partial charge in [0.25, 0.3) is 0 Å². The molecule has 0 aliphatic carbocycles. The van der Waals surface area contributed by atoms with Crippen molar-refractivity contribution in [3.8, 4) is 11.4 Å². The molecule has 0 saturated carbocycles. The molecule has 1 aromatic heterocycles. The highest BCUT2D eigenvalue weighted by Crippen LogP contribution is 2.30. The lowest BCUT2D eigenvalue weighted by molar-refractivity contribution is -0.140. The van der Waals surface area contributed by atoms with Gasteiger partial charge in [-0.2, -0.15) is 13.2 Å². The SMILES string of the molecule is FC(F)(F)c1cnc(-c2ccc3ccccc3c2)[nH]1. The number of imidazole rings is 1. The van der Waals surface area contributed by atoms with Crippen LogP contribution in [0.4, 0.5) is 13.2 Å². The first kappa shape index (κ1) is 11.8. The van der Waals surface area contributed by atoms with Gasteiger partial charge in [0.2, 0.25) is 0 Å². The fourth-order valence-corrected chi connectivity index (χ4v) is 1.95. The molecule has 3 aromatic rings. The van der Waals surface area contributed by atoms with Gasteiger partial charge in [0.15, 0.2) is 0 Å². The fourth-order valence-electron chi connectivity index (χ4n) is 1.95. The number of fused-ring (bicyclic) bond motifs is 1. The zero-order valence-electron chi connectivity index (χ0n) is 9.70. The lowest BCUT2D eigenvalue weighted by atomic mass is 10.1. The standard InChI is InChI=1S/C14H9F3N2/c15-14(16,17)12-8-18-13(19-12)11-6-5-9-3-1-2-4-10(9)7-11/h1-8H,(H,18,19). The van der Waals surface area contributed by atoms with Crippen LogP contribution in [0.2, 0.25) is 0 Å². The van der Waals surface area contributed by atoms with Gasteiger partial charge in [-0.05, 0) is 16.8 Å². The summed E-state index contributed by atoms with van der Waals surface area (Å²) in [6.45, 7) is 0. The highest BCUT2D eigenvalue weighted by Gasteiger charge is 2.33. The Hall–Kier alpha value is -2.30. The van der Waals surface area contributed by atoms with Gasteiger partial charge in [0.05, 0.1) is 6.20 Å². The molecule has 0 spiro atoms. The van der Waals surface area contributed by atoms with Crippen molar-refractivity contribution < 1.29 is 13.2 Å². The molecule has 0 atom stereocenters. The summed E-state index contributed by atoms with van der Waals surface area (Å²) < 4.78 is 37.5. The molecule has 5 heteroatoms. The molecule has 0 aliphatic heterocycles. The Balaban J connectivity index is 2.07. The molecule has 0 fully saturated rings. The number of alkyl halides is 3. The number of halogens is 3. The van der Waals surface area contributed by atoms with Crippen molar-refractivity contribution in [2.24, 2.45) is 0 Å². The molecule has 19 heavy (non-hydrogen) atoms. The van der Waals surface area contributed by atoms with Gasteiger partial charge < -0.3 is 4.98 Å². The van der Waals surface area contributed by atoms with Gasteiger partial charge in [-0.25, -0.2) is 4.98 Å². The van der Waals surface area contributed by atoms with Crippen LogP contribution in [0.3, 0.4) is 0 Å². The zero-order chi connectivity index (χ0) is 13.5. The number of benzene rings is 2. The Bertz CT molecular complexity index is 729. The van der Waals surface area contributed by atoms with Crippen LogP contribution in [-0.4, -0.2) is 9.97 Å². The summed E-state index contributed by atoms with van der Waals surface area (Å²) in [7, 11) is 0. The Kier molecular flexibility index (Phi) is 2.55. The van der Waals surface area contributed by atoms with E-state index in [4.69, 9.17) is 0 Å². The summed E-state index contributed by atoms with van der Waals surface area (Å²) in [6, 6.07) is 13.1. The Morgan fingerprint density at radius 1 is 0.947 bits per heavy atom. The van der Waals surface area contributed by atoms with Gasteiger partial charge in [-0.1, -0.05) is 36.4 Å². The minimum absolute atomic E-state index is 0.220. The molecule has 0 unspecified atom stereocenters. The summed E-state index contributed by atoms with van der Waals surface area (Å²) in [5.74, 6) is 0.220. The number of nitrogens with one attached hydrogen (secondary N) is 1. The van der Waals surface area contributed by atoms with Gasteiger partial charge in [-0.3, -0.25) is 0 Å². The molecular weight excluding hydrogens is 253 g/mol. The molecule has 0 radical (unpaired) electrons. The molecule has 1 heterocycles. The van der Waals surface area contributed by atoms with E-state index < -0.39 is 11.9 Å². The second kappa shape index (κ2) is 4.12. The smallest absolute Gasteiger partial charge is 0.334 e. The maximum absolute atomic E-state index is 12.5. The van der Waals surface area contributed by atoms with E-state index in [-0.39, 0.29) is 5.82 Å². The lowest BCUT2D eigenvalue weighted by Crippen LogP contribution is -2.04. The Morgan fingerprint density at radius 2 is 1.68 bits per heavy atom. The van der Waals surface area contributed by atoms with E-state index in [1.54, 1.807) is 6.07 Å². The summed E-state index contributed by atoms with van der Waals surface area (Å²) in [4.78, 5) is 6.08. The normalized spacial score (nSPS) is 11.9. The highest BCUT2D eigenvalue weighted by molar-refractivity contribution is 5.86. The van der Waals surface area contributed by atoms with E-state index in [9.17, 15) is 13.2 Å². The molecule has 0 bridgehead atoms. The van der Waals surface area contributed by atoms with Crippen LogP contribution in [0.25, 0.3) is 22.2 Å². The maximum atomic E-state index is 12.5. The van der Waals surface area contributed by atoms with Crippen molar-refractivity contribution in [1.82, 2.24) is 9.97 Å². The molecular formula is C14H9F3N2. The van der Waals surface area contributed by atoms with E-state index in [1.165, 1.54) is 0 Å². The second-order valence-corrected chi connectivity index (χ2v) is 4.21. The van der Waals surface area contributed by atoms with Crippen molar-refractivity contribution in [2.45, 2.75) is 6.18 Å². The second-order valence-electron chi connectivity index (χ2n) is 4.21. The largest absolute Gasteiger partial charge is 0.432 e. The van der Waals surface area contributed by atoms with Crippen LogP contribution in [0, 0.1) is 0 Å². The minimum atomic E-state index is -4.40. The fraction of sp³-hybridized carbons (Fsp3) is 0.0714. The third-order valence-corrected chi connectivity index (χ3v) is 2.90. The molecule has 3 rings (SSSR count). The van der Waals surface area contributed by atoms with E-state index in [1.807, 2.05) is 36.4 Å². The summed E-state index contributed by atoms with van der Waals surface area (Å²) in [6.07, 6.45) is -3.59. The number of H-pyrrole nitrogens is 1. The summed E-state index contributed by atoms with van der Waals surface area (Å²) in [5.41, 5.74) is -0.204. The van der Waals surface area contributed by atoms with E-state index in [0.717, 1.165) is 17.0 Å². The number of hydrogen-bond acceptors (Lipinski definition) is 1. The molecule has 96 valence electrons. The third-order valence-electron chi connectivity index (χ3n) is 2.90. The number of nitrogens with zero attached hydrogens (tertiary/aromatic N) is 1. The number of aromatic amines is 1. The average molecular weight is 262 g/mol. The third kappa shape index (κ3) is 2.19. The molecule has 0 saturated heterocycles. The number of hydrogen-bond donors (Lipinski definition) is 1. The van der Waals surface area contributed by atoms with E-state index in [2.05, 4.69) is 9.97 Å². The first-order chi connectivity index (χ1) is 9.04. The Morgan fingerprint density at radius 3 is 2.37 bits per heavy atom. The quantitative estimate of drug-likeness (QED) is 0.697. The minimum Gasteiger partial charge on any atom is -0.334 e. The predicted molar refractivity (Wildman–Crippen MR) is 66.5 cm³/mol. The average Bonchev–Trinajstić information content (AvgIpc) is 2.87. The lowest BCUT2D eigenvalue weighted by Gasteiger charge is -2.02. The van der Waals surface area contributed by atoms with Gasteiger partial charge in [-0.15, -0.1) is 0 Å². The molecule has 2 nitrogen and oxygen atoms in total. The first-order valence-corrected chi connectivity index (χ1v) is 5.65. The number of aromatic nitrogens is 2. The zero-order valence-corrected chi connectivity index (χ0v) is 9.70. The Labute approximate surface area is 106 Å². The van der Waals surface area contributed by atoms with Crippen LogP contribution >= 0.6 is 0 Å². The van der Waals surface area contributed by atoms with E-state index >= 15 is 0 Å². The van der Waals surface area contributed by atoms with Gasteiger partial charge in [0, 0.05) is 5.56 Å². The van der Waals surface area contributed by atoms with Crippen molar-refractivity contribution in [1.29, 1.82) is 0 Å². The van der Waals surface area contributed by atoms with Crippen molar-refractivity contribution in [3.05, 3.63) is 54.4 Å². The van der Waals surface area contributed by atoms with Crippen LogP contribution in [0.15, 0.2) is 48.7 Å². The first-order valence-electron chi connectivity index (χ1n) is 5.65. The monoisotopic (exact) mass is 262 g/mol. The van der Waals surface area contributed by atoms with Crippen LogP contribution in [-0.2, 0) is 6.18 Å². The summed E-state index contributed by atoms with van der Waals surface area (Å²) >= 11 is 0. The van der Waals surface area contributed by atoms with Crippen molar-refractivity contribution >= 4 is 10.8 Å². The summed E-state index contributed by atoms with van der Waals surface area (Å²) in [5, 5.41) is 2.00. The van der Waals surface area contributed by atoms with Gasteiger partial charge >= 0.3 is 6.18 Å². The predicted octanol–water partition coefficient (Wildman–Crippen LogP) is 4.25. The van der Waals surface area contributed by atoms with Crippen molar-refractivity contribution in [2.75, 3.05) is 0 Å². The van der Waals surface area contributed by atoms with Crippen LogP contribution < -0.4 is 0 Å². The molecule has 0 amide bonds. The molecule has 2 aromatic carbocycles. The maximum Gasteiger partial charge on any atom is 0.432 e. The van der Waals surface area contributed by atoms with E-state index in [0.29, 0.717) is 5.56 Å².